The van der Waals surface area contributed by atoms with E-state index in [2.05, 4.69) is 36.2 Å². The fourth-order valence-corrected chi connectivity index (χ4v) is 2.59. The Kier molecular flexibility index (Phi) is 5.20. The van der Waals surface area contributed by atoms with Crippen molar-refractivity contribution < 1.29 is 9.32 Å². The third-order valence-electron chi connectivity index (χ3n) is 4.52. The molecule has 2 rings (SSSR count). The summed E-state index contributed by atoms with van der Waals surface area (Å²) in [7, 11) is 0. The molecule has 1 saturated heterocycles. The first-order valence-corrected chi connectivity index (χ1v) is 7.86. The van der Waals surface area contributed by atoms with Crippen molar-refractivity contribution in [3.63, 3.8) is 0 Å². The van der Waals surface area contributed by atoms with E-state index in [1.54, 1.807) is 0 Å². The lowest BCUT2D eigenvalue weighted by Crippen LogP contribution is -2.48. The van der Waals surface area contributed by atoms with Gasteiger partial charge in [-0.25, -0.2) is 4.79 Å². The molecule has 1 aromatic heterocycles. The number of carbonyl (C=O) groups excluding carboxylic acids is 1. The maximum Gasteiger partial charge on any atom is 0.317 e. The van der Waals surface area contributed by atoms with Gasteiger partial charge in [0.15, 0.2) is 5.82 Å². The van der Waals surface area contributed by atoms with Crippen LogP contribution in [-0.2, 0) is 0 Å². The molecule has 2 heterocycles. The molecular weight excluding hydrogens is 268 g/mol. The first-order chi connectivity index (χ1) is 10.0. The monoisotopic (exact) mass is 294 g/mol. The molecule has 0 bridgehead atoms. The minimum Gasteiger partial charge on any atom is -0.339 e. The van der Waals surface area contributed by atoms with E-state index in [4.69, 9.17) is 4.52 Å². The van der Waals surface area contributed by atoms with Gasteiger partial charge in [-0.2, -0.15) is 4.98 Å². The van der Waals surface area contributed by atoms with Crippen molar-refractivity contribution in [2.24, 2.45) is 5.92 Å². The van der Waals surface area contributed by atoms with Crippen LogP contribution in [-0.4, -0.2) is 40.2 Å². The van der Waals surface area contributed by atoms with Crippen LogP contribution in [0.2, 0.25) is 0 Å². The number of carbonyl (C=O) groups is 1. The summed E-state index contributed by atoms with van der Waals surface area (Å²) >= 11 is 0. The van der Waals surface area contributed by atoms with Crippen LogP contribution in [0.1, 0.15) is 57.7 Å². The van der Waals surface area contributed by atoms with E-state index >= 15 is 0 Å². The van der Waals surface area contributed by atoms with Gasteiger partial charge in [-0.3, -0.25) is 0 Å². The predicted molar refractivity (Wildman–Crippen MR) is 80.0 cm³/mol. The number of nitrogens with one attached hydrogen (secondary N) is 1. The van der Waals surface area contributed by atoms with Crippen LogP contribution in [0.3, 0.4) is 0 Å². The first-order valence-electron chi connectivity index (χ1n) is 7.86. The third kappa shape index (κ3) is 3.95. The highest BCUT2D eigenvalue weighted by Gasteiger charge is 2.28. The third-order valence-corrected chi connectivity index (χ3v) is 4.52. The molecule has 0 spiro atoms. The molecule has 1 fully saturated rings. The Morgan fingerprint density at radius 1 is 1.43 bits per heavy atom. The van der Waals surface area contributed by atoms with Gasteiger partial charge < -0.3 is 14.7 Å². The van der Waals surface area contributed by atoms with Crippen molar-refractivity contribution >= 4 is 6.03 Å². The largest absolute Gasteiger partial charge is 0.339 e. The highest BCUT2D eigenvalue weighted by molar-refractivity contribution is 5.74. The number of amides is 2. The minimum absolute atomic E-state index is 0.0444. The molecule has 6 nitrogen and oxygen atoms in total. The maximum atomic E-state index is 12.2. The summed E-state index contributed by atoms with van der Waals surface area (Å²) in [4.78, 5) is 18.4. The zero-order valence-electron chi connectivity index (χ0n) is 13.4. The van der Waals surface area contributed by atoms with Crippen molar-refractivity contribution in [3.05, 3.63) is 11.7 Å². The smallest absolute Gasteiger partial charge is 0.317 e. The van der Waals surface area contributed by atoms with Gasteiger partial charge in [0.1, 0.15) is 0 Å². The SMILES string of the molecule is CCC(C)C(C)NC(=O)N1CCC(c2nc(C)no2)CC1. The molecular formula is C15H26N4O2. The summed E-state index contributed by atoms with van der Waals surface area (Å²) in [5.74, 6) is 2.16. The summed E-state index contributed by atoms with van der Waals surface area (Å²) in [6.07, 6.45) is 2.83. The van der Waals surface area contributed by atoms with E-state index in [1.165, 1.54) is 0 Å². The zero-order chi connectivity index (χ0) is 15.4. The van der Waals surface area contributed by atoms with E-state index in [0.717, 1.165) is 32.4 Å². The molecule has 1 aliphatic heterocycles. The lowest BCUT2D eigenvalue weighted by Gasteiger charge is -2.32. The van der Waals surface area contributed by atoms with Crippen LogP contribution in [0.5, 0.6) is 0 Å². The topological polar surface area (TPSA) is 71.3 Å². The number of hydrogen-bond acceptors (Lipinski definition) is 4. The van der Waals surface area contributed by atoms with Crippen molar-refractivity contribution in [1.82, 2.24) is 20.4 Å². The fraction of sp³-hybridized carbons (Fsp3) is 0.800. The van der Waals surface area contributed by atoms with Crippen LogP contribution in [0.15, 0.2) is 4.52 Å². The van der Waals surface area contributed by atoms with Crippen molar-refractivity contribution in [2.45, 2.75) is 58.9 Å². The van der Waals surface area contributed by atoms with Crippen LogP contribution in [0, 0.1) is 12.8 Å². The summed E-state index contributed by atoms with van der Waals surface area (Å²) < 4.78 is 5.23. The lowest BCUT2D eigenvalue weighted by atomic mass is 9.97. The number of likely N-dealkylation sites (tertiary alicyclic amines) is 1. The molecule has 1 N–H and O–H groups in total. The second-order valence-electron chi connectivity index (χ2n) is 6.06. The number of rotatable bonds is 4. The highest BCUT2D eigenvalue weighted by Crippen LogP contribution is 2.26. The Bertz CT molecular complexity index is 466. The molecule has 2 amide bonds. The second-order valence-corrected chi connectivity index (χ2v) is 6.06. The zero-order valence-corrected chi connectivity index (χ0v) is 13.4. The Balaban J connectivity index is 1.82. The van der Waals surface area contributed by atoms with Crippen LogP contribution in [0.25, 0.3) is 0 Å². The molecule has 0 aromatic carbocycles. The number of nitrogens with zero attached hydrogens (tertiary/aromatic N) is 3. The van der Waals surface area contributed by atoms with E-state index in [-0.39, 0.29) is 18.0 Å². The Morgan fingerprint density at radius 2 is 2.10 bits per heavy atom. The average Bonchev–Trinajstić information content (AvgIpc) is 2.93. The Labute approximate surface area is 126 Å². The molecule has 2 unspecified atom stereocenters. The molecule has 21 heavy (non-hydrogen) atoms. The number of aromatic nitrogens is 2. The van der Waals surface area contributed by atoms with Crippen LogP contribution >= 0.6 is 0 Å². The number of piperidine rings is 1. The maximum absolute atomic E-state index is 12.2. The quantitative estimate of drug-likeness (QED) is 0.926. The van der Waals surface area contributed by atoms with Crippen molar-refractivity contribution in [1.29, 1.82) is 0 Å². The number of urea groups is 1. The Hall–Kier alpha value is -1.59. The van der Waals surface area contributed by atoms with E-state index in [0.29, 0.717) is 17.6 Å². The predicted octanol–water partition coefficient (Wildman–Crippen LogP) is 2.70. The summed E-state index contributed by atoms with van der Waals surface area (Å²) in [6.45, 7) is 9.68. The van der Waals surface area contributed by atoms with Gasteiger partial charge in [0, 0.05) is 25.0 Å². The second kappa shape index (κ2) is 6.91. The van der Waals surface area contributed by atoms with E-state index in [1.807, 2.05) is 11.8 Å². The van der Waals surface area contributed by atoms with Gasteiger partial charge in [-0.15, -0.1) is 0 Å². The van der Waals surface area contributed by atoms with Gasteiger partial charge >= 0.3 is 6.03 Å². The average molecular weight is 294 g/mol. The van der Waals surface area contributed by atoms with Crippen molar-refractivity contribution in [2.75, 3.05) is 13.1 Å². The summed E-state index contributed by atoms with van der Waals surface area (Å²) in [5, 5.41) is 6.93. The Morgan fingerprint density at radius 3 is 2.62 bits per heavy atom. The molecule has 0 radical (unpaired) electrons. The molecule has 0 aliphatic carbocycles. The van der Waals surface area contributed by atoms with Gasteiger partial charge in [0.05, 0.1) is 0 Å². The van der Waals surface area contributed by atoms with E-state index in [9.17, 15) is 4.79 Å². The number of aryl methyl sites for hydroxylation is 1. The molecule has 1 aromatic rings. The van der Waals surface area contributed by atoms with Gasteiger partial charge in [0.2, 0.25) is 5.89 Å². The lowest BCUT2D eigenvalue weighted by molar-refractivity contribution is 0.169. The molecule has 2 atom stereocenters. The molecule has 1 aliphatic rings. The fourth-order valence-electron chi connectivity index (χ4n) is 2.59. The normalized spacial score (nSPS) is 19.3. The van der Waals surface area contributed by atoms with Crippen LogP contribution < -0.4 is 5.32 Å². The van der Waals surface area contributed by atoms with E-state index < -0.39 is 0 Å². The summed E-state index contributed by atoms with van der Waals surface area (Å²) in [6, 6.07) is 0.252. The highest BCUT2D eigenvalue weighted by atomic mass is 16.5. The van der Waals surface area contributed by atoms with Gasteiger partial charge in [-0.05, 0) is 32.6 Å². The minimum atomic E-state index is 0.0444. The standard InChI is InChI=1S/C15H26N4O2/c1-5-10(2)11(3)16-15(20)19-8-6-13(7-9-19)14-17-12(4)18-21-14/h10-11,13H,5-9H2,1-4H3,(H,16,20). The number of hydrogen-bond donors (Lipinski definition) is 1. The van der Waals surface area contributed by atoms with Gasteiger partial charge in [0.25, 0.3) is 0 Å². The molecule has 118 valence electrons. The molecule has 0 saturated carbocycles. The molecule has 6 heteroatoms. The van der Waals surface area contributed by atoms with Crippen LogP contribution in [0.4, 0.5) is 4.79 Å². The van der Waals surface area contributed by atoms with Gasteiger partial charge in [-0.1, -0.05) is 25.4 Å². The summed E-state index contributed by atoms with van der Waals surface area (Å²) in [5.41, 5.74) is 0. The first kappa shape index (κ1) is 15.8. The van der Waals surface area contributed by atoms with Crippen molar-refractivity contribution in [3.8, 4) is 0 Å².